The largest absolute Gasteiger partial charge is 0.389 e. The Kier molecular flexibility index (Phi) is 4.78. The van der Waals surface area contributed by atoms with Crippen molar-refractivity contribution >= 4 is 6.41 Å². The molecule has 2 rings (SSSR count). The molecule has 2 fully saturated rings. The maximum Gasteiger partial charge on any atom is 0.209 e. The van der Waals surface area contributed by atoms with Crippen LogP contribution in [-0.2, 0) is 4.79 Å². The molecule has 0 aromatic rings. The van der Waals surface area contributed by atoms with Crippen LogP contribution in [0.15, 0.2) is 0 Å². The second kappa shape index (κ2) is 6.17. The second-order valence-corrected chi connectivity index (χ2v) is 5.83. The highest BCUT2D eigenvalue weighted by Crippen LogP contribution is 2.23. The van der Waals surface area contributed by atoms with Gasteiger partial charge in [0.15, 0.2) is 0 Å². The smallest absolute Gasteiger partial charge is 0.209 e. The topological polar surface area (TPSA) is 84.2 Å². The van der Waals surface area contributed by atoms with Gasteiger partial charge < -0.3 is 20.2 Å². The van der Waals surface area contributed by atoms with Gasteiger partial charge in [-0.2, -0.15) is 0 Å². The lowest BCUT2D eigenvalue weighted by atomic mass is 9.91. The summed E-state index contributed by atoms with van der Waals surface area (Å²) >= 11 is 0. The zero-order valence-corrected chi connectivity index (χ0v) is 11.4. The molecule has 3 N–H and O–H groups in total. The number of carbonyl (C=O) groups excluding carboxylic acids is 1. The van der Waals surface area contributed by atoms with Crippen molar-refractivity contribution in [2.24, 2.45) is 5.92 Å². The van der Waals surface area contributed by atoms with Crippen LogP contribution in [0, 0.1) is 5.92 Å². The van der Waals surface area contributed by atoms with Gasteiger partial charge in [0.1, 0.15) is 6.10 Å². The van der Waals surface area contributed by atoms with Crippen LogP contribution in [-0.4, -0.2) is 82.1 Å². The molecule has 0 unspecified atom stereocenters. The molecule has 0 bridgehead atoms. The van der Waals surface area contributed by atoms with E-state index in [0.717, 1.165) is 38.9 Å². The Morgan fingerprint density at radius 3 is 2.37 bits per heavy atom. The minimum absolute atomic E-state index is 0.150. The number of carbonyl (C=O) groups is 1. The van der Waals surface area contributed by atoms with Gasteiger partial charge in [-0.25, -0.2) is 0 Å². The molecule has 1 amide bonds. The predicted molar refractivity (Wildman–Crippen MR) is 69.4 cm³/mol. The van der Waals surface area contributed by atoms with Gasteiger partial charge in [-0.15, -0.1) is 0 Å². The van der Waals surface area contributed by atoms with Crippen LogP contribution in [0.1, 0.15) is 19.8 Å². The van der Waals surface area contributed by atoms with E-state index < -0.39 is 18.3 Å². The van der Waals surface area contributed by atoms with Gasteiger partial charge >= 0.3 is 0 Å². The number of piperidine rings is 2. The first kappa shape index (κ1) is 14.7. The summed E-state index contributed by atoms with van der Waals surface area (Å²) in [4.78, 5) is 14.5. The number of hydrogen-bond acceptors (Lipinski definition) is 5. The quantitative estimate of drug-likeness (QED) is 0.553. The normalized spacial score (nSPS) is 38.4. The van der Waals surface area contributed by atoms with E-state index in [1.54, 1.807) is 4.90 Å². The Bertz CT molecular complexity index is 307. The first-order chi connectivity index (χ1) is 9.02. The zero-order valence-electron chi connectivity index (χ0n) is 11.4. The van der Waals surface area contributed by atoms with Gasteiger partial charge in [0, 0.05) is 32.2 Å². The fourth-order valence-electron chi connectivity index (χ4n) is 3.06. The Balaban J connectivity index is 1.87. The van der Waals surface area contributed by atoms with E-state index in [2.05, 4.69) is 0 Å². The average Bonchev–Trinajstić information content (AvgIpc) is 2.43. The highest BCUT2D eigenvalue weighted by molar-refractivity contribution is 5.47. The van der Waals surface area contributed by atoms with E-state index in [4.69, 9.17) is 0 Å². The SMILES string of the molecule is C[C@@H]1[C@@H](O)[C@H](O)[C@@H](O)CN1CC1CCN(C=O)CC1. The summed E-state index contributed by atoms with van der Waals surface area (Å²) in [7, 11) is 0. The van der Waals surface area contributed by atoms with Crippen LogP contribution in [0.5, 0.6) is 0 Å². The van der Waals surface area contributed by atoms with Gasteiger partial charge in [-0.3, -0.25) is 9.69 Å². The van der Waals surface area contributed by atoms with Gasteiger partial charge in [-0.05, 0) is 25.7 Å². The lowest BCUT2D eigenvalue weighted by Gasteiger charge is -2.44. The molecule has 2 aliphatic rings. The summed E-state index contributed by atoms with van der Waals surface area (Å²) in [6, 6.07) is -0.150. The van der Waals surface area contributed by atoms with Crippen molar-refractivity contribution < 1.29 is 20.1 Å². The molecule has 2 heterocycles. The summed E-state index contributed by atoms with van der Waals surface area (Å²) in [5.74, 6) is 0.480. The minimum Gasteiger partial charge on any atom is -0.389 e. The van der Waals surface area contributed by atoms with Gasteiger partial charge in [0.05, 0.1) is 12.2 Å². The van der Waals surface area contributed by atoms with E-state index >= 15 is 0 Å². The molecule has 0 aliphatic carbocycles. The Morgan fingerprint density at radius 1 is 1.16 bits per heavy atom. The lowest BCUT2D eigenvalue weighted by Crippen LogP contribution is -2.61. The summed E-state index contributed by atoms with van der Waals surface area (Å²) in [6.45, 7) is 4.64. The lowest BCUT2D eigenvalue weighted by molar-refractivity contribution is -0.136. The molecule has 2 saturated heterocycles. The second-order valence-electron chi connectivity index (χ2n) is 5.83. The molecular formula is C13H24N2O4. The van der Waals surface area contributed by atoms with Gasteiger partial charge in [0.2, 0.25) is 6.41 Å². The molecule has 6 nitrogen and oxygen atoms in total. The fourth-order valence-corrected chi connectivity index (χ4v) is 3.06. The Morgan fingerprint density at radius 2 is 1.79 bits per heavy atom. The number of likely N-dealkylation sites (tertiary alicyclic amines) is 2. The Hall–Kier alpha value is -0.690. The first-order valence-corrected chi connectivity index (χ1v) is 7.00. The van der Waals surface area contributed by atoms with E-state index in [9.17, 15) is 20.1 Å². The van der Waals surface area contributed by atoms with Crippen molar-refractivity contribution in [3.05, 3.63) is 0 Å². The molecule has 4 atom stereocenters. The molecule has 0 spiro atoms. The number of hydrogen-bond donors (Lipinski definition) is 3. The first-order valence-electron chi connectivity index (χ1n) is 7.00. The number of β-amino-alcohol motifs (C(OH)–C–C–N with tert-alkyl or cyclic N) is 1. The summed E-state index contributed by atoms with van der Waals surface area (Å²) in [5.41, 5.74) is 0. The predicted octanol–water partition coefficient (Wildman–Crippen LogP) is -1.36. The molecule has 0 saturated carbocycles. The standard InChI is InChI=1S/C13H24N2O4/c1-9-12(18)13(19)11(17)7-15(9)6-10-2-4-14(8-16)5-3-10/h8-13,17-19H,2-7H2,1H3/t9-,11+,12-,13-/m1/s1. The monoisotopic (exact) mass is 272 g/mol. The molecule has 110 valence electrons. The molecule has 6 heteroatoms. The number of nitrogens with zero attached hydrogens (tertiary/aromatic N) is 2. The third-order valence-corrected chi connectivity index (χ3v) is 4.53. The van der Waals surface area contributed by atoms with Crippen molar-refractivity contribution in [2.45, 2.75) is 44.1 Å². The van der Waals surface area contributed by atoms with Crippen molar-refractivity contribution in [2.75, 3.05) is 26.2 Å². The molecule has 19 heavy (non-hydrogen) atoms. The van der Waals surface area contributed by atoms with E-state index in [1.165, 1.54) is 0 Å². The average molecular weight is 272 g/mol. The van der Waals surface area contributed by atoms with Crippen LogP contribution in [0.2, 0.25) is 0 Å². The fraction of sp³-hybridized carbons (Fsp3) is 0.923. The van der Waals surface area contributed by atoms with Crippen LogP contribution < -0.4 is 0 Å². The molecular weight excluding hydrogens is 248 g/mol. The third kappa shape index (κ3) is 3.25. The van der Waals surface area contributed by atoms with E-state index in [-0.39, 0.29) is 6.04 Å². The highest BCUT2D eigenvalue weighted by Gasteiger charge is 2.39. The molecule has 0 radical (unpaired) electrons. The summed E-state index contributed by atoms with van der Waals surface area (Å²) in [6.07, 6.45) is -0.0416. The Labute approximate surface area is 113 Å². The summed E-state index contributed by atoms with van der Waals surface area (Å²) < 4.78 is 0. The zero-order chi connectivity index (χ0) is 14.0. The van der Waals surface area contributed by atoms with Crippen molar-refractivity contribution in [1.29, 1.82) is 0 Å². The maximum atomic E-state index is 10.7. The molecule has 0 aromatic carbocycles. The van der Waals surface area contributed by atoms with Crippen molar-refractivity contribution in [3.8, 4) is 0 Å². The number of aliphatic hydroxyl groups excluding tert-OH is 3. The third-order valence-electron chi connectivity index (χ3n) is 4.53. The van der Waals surface area contributed by atoms with Crippen LogP contribution in [0.4, 0.5) is 0 Å². The highest BCUT2D eigenvalue weighted by atomic mass is 16.4. The van der Waals surface area contributed by atoms with Gasteiger partial charge in [-0.1, -0.05) is 0 Å². The number of amides is 1. The minimum atomic E-state index is -1.05. The van der Waals surface area contributed by atoms with E-state index in [1.807, 2.05) is 11.8 Å². The van der Waals surface area contributed by atoms with Crippen molar-refractivity contribution in [3.63, 3.8) is 0 Å². The van der Waals surface area contributed by atoms with Crippen molar-refractivity contribution in [1.82, 2.24) is 9.80 Å². The summed E-state index contributed by atoms with van der Waals surface area (Å²) in [5, 5.41) is 29.3. The van der Waals surface area contributed by atoms with Crippen LogP contribution >= 0.6 is 0 Å². The molecule has 2 aliphatic heterocycles. The van der Waals surface area contributed by atoms with E-state index in [0.29, 0.717) is 12.5 Å². The molecule has 0 aromatic heterocycles. The number of rotatable bonds is 3. The maximum absolute atomic E-state index is 10.7. The van der Waals surface area contributed by atoms with Crippen LogP contribution in [0.25, 0.3) is 0 Å². The van der Waals surface area contributed by atoms with Crippen LogP contribution in [0.3, 0.4) is 0 Å². The van der Waals surface area contributed by atoms with Gasteiger partial charge in [0.25, 0.3) is 0 Å². The number of aliphatic hydroxyl groups is 3.